The van der Waals surface area contributed by atoms with E-state index in [1.807, 2.05) is 5.32 Å². The van der Waals surface area contributed by atoms with E-state index in [2.05, 4.69) is 0 Å². The van der Waals surface area contributed by atoms with E-state index in [9.17, 15) is 56.8 Å². The summed E-state index contributed by atoms with van der Waals surface area (Å²) < 4.78 is 58.8. The average molecular weight is 548 g/mol. The Morgan fingerprint density at radius 1 is 1.21 bits per heavy atom. The molecule has 1 saturated heterocycles. The highest BCUT2D eigenvalue weighted by molar-refractivity contribution is 6.47. The van der Waals surface area contributed by atoms with Crippen LogP contribution >= 0.6 is 0 Å². The van der Waals surface area contributed by atoms with Crippen LogP contribution in [-0.2, 0) is 20.8 Å². The molecule has 0 aliphatic carbocycles. The van der Waals surface area contributed by atoms with Crippen LogP contribution < -0.4 is 15.3 Å². The topological polar surface area (TPSA) is 186 Å². The van der Waals surface area contributed by atoms with Crippen molar-refractivity contribution in [3.8, 4) is 5.75 Å². The first-order valence-electron chi connectivity index (χ1n) is 11.0. The lowest BCUT2D eigenvalue weighted by Crippen LogP contribution is -2.65. The van der Waals surface area contributed by atoms with Gasteiger partial charge in [-0.1, -0.05) is 6.07 Å². The van der Waals surface area contributed by atoms with E-state index in [-0.39, 0.29) is 23.6 Å². The smallest absolute Gasteiger partial charge is 0.534 e. The normalized spacial score (nSPS) is 19.3. The molecule has 2 aliphatic rings. The lowest BCUT2D eigenvalue weighted by atomic mass is 9.72. The number of imide groups is 1. The molecule has 0 saturated carbocycles. The summed E-state index contributed by atoms with van der Waals surface area (Å²) in [6, 6.07) is -2.46. The summed E-state index contributed by atoms with van der Waals surface area (Å²) in [6.45, 7) is 1.18. The van der Waals surface area contributed by atoms with Crippen molar-refractivity contribution in [3.05, 3.63) is 29.1 Å². The number of carbonyl (C=O) groups is 5. The van der Waals surface area contributed by atoms with Gasteiger partial charge in [0.2, 0.25) is 5.91 Å². The molecule has 2 heterocycles. The van der Waals surface area contributed by atoms with Gasteiger partial charge in [-0.15, -0.1) is 0 Å². The Hall–Kier alpha value is -3.93. The molecule has 3 atom stereocenters. The Morgan fingerprint density at radius 3 is 2.45 bits per heavy atom. The first kappa shape index (κ1) is 28.6. The maximum atomic E-state index is 13.9. The molecule has 38 heavy (non-hydrogen) atoms. The van der Waals surface area contributed by atoms with E-state index in [0.717, 1.165) is 17.0 Å². The number of fused-ring (bicyclic) bond motifs is 1. The zero-order valence-corrected chi connectivity index (χ0v) is 19.5. The maximum absolute atomic E-state index is 13.9. The molecular weight excluding hydrogens is 527 g/mol. The molecular formula is C20H21BF4N4O9. The number of aliphatic hydroxyl groups excluding tert-OH is 1. The van der Waals surface area contributed by atoms with Crippen LogP contribution in [0.1, 0.15) is 22.8 Å². The second kappa shape index (κ2) is 10.8. The van der Waals surface area contributed by atoms with Gasteiger partial charge in [0.25, 0.3) is 0 Å². The summed E-state index contributed by atoms with van der Waals surface area (Å²) in [5, 5.41) is 32.7. The molecule has 5 N–H and O–H groups in total. The Labute approximate surface area is 211 Å². The molecule has 0 spiro atoms. The summed E-state index contributed by atoms with van der Waals surface area (Å²) >= 11 is 0. The van der Waals surface area contributed by atoms with E-state index in [1.165, 1.54) is 0 Å². The van der Waals surface area contributed by atoms with E-state index in [0.29, 0.717) is 0 Å². The Balaban J connectivity index is 1.81. The number of benzene rings is 1. The second-order valence-electron chi connectivity index (χ2n) is 8.30. The number of amides is 5. The number of halogens is 4. The molecule has 1 fully saturated rings. The average Bonchev–Trinajstić information content (AvgIpc) is 2.83. The molecule has 0 aromatic heterocycles. The molecule has 0 bridgehead atoms. The predicted octanol–water partition coefficient (Wildman–Crippen LogP) is -1.34. The van der Waals surface area contributed by atoms with Crippen LogP contribution in [0, 0.1) is 5.82 Å². The minimum absolute atomic E-state index is 0.0192. The van der Waals surface area contributed by atoms with Crippen molar-refractivity contribution < 1.29 is 61.4 Å². The van der Waals surface area contributed by atoms with Crippen molar-refractivity contribution in [1.29, 1.82) is 0 Å². The molecule has 3 rings (SSSR count). The number of hydrogen-bond acceptors (Lipinski definition) is 8. The quantitative estimate of drug-likeness (QED) is 0.163. The number of alkyl halides is 3. The minimum atomic E-state index is -5.43. The number of carboxylic acid groups (broad SMARTS) is 1. The summed E-state index contributed by atoms with van der Waals surface area (Å²) in [6.07, 6.45) is -9.34. The number of nitrogens with zero attached hydrogens (tertiary/aromatic N) is 2. The highest BCUT2D eigenvalue weighted by Gasteiger charge is 2.50. The van der Waals surface area contributed by atoms with Crippen molar-refractivity contribution >= 4 is 36.8 Å². The first-order valence-corrected chi connectivity index (χ1v) is 11.0. The third-order valence-corrected chi connectivity index (χ3v) is 5.90. The molecule has 5 amide bonds. The summed E-state index contributed by atoms with van der Waals surface area (Å²) in [5.41, 5.74) is -0.930. The predicted molar refractivity (Wildman–Crippen MR) is 116 cm³/mol. The molecule has 0 radical (unpaired) electrons. The van der Waals surface area contributed by atoms with Gasteiger partial charge in [-0.05, 0) is 25.0 Å². The second-order valence-corrected chi connectivity index (χ2v) is 8.30. The molecule has 13 nitrogen and oxygen atoms in total. The van der Waals surface area contributed by atoms with Crippen molar-refractivity contribution in [2.45, 2.75) is 37.6 Å². The van der Waals surface area contributed by atoms with Crippen LogP contribution in [-0.4, -0.2) is 106 Å². The van der Waals surface area contributed by atoms with Crippen molar-refractivity contribution in [1.82, 2.24) is 20.4 Å². The van der Waals surface area contributed by atoms with Crippen LogP contribution in [0.4, 0.5) is 22.4 Å². The fourth-order valence-corrected chi connectivity index (χ4v) is 3.89. The zero-order chi connectivity index (χ0) is 28.5. The van der Waals surface area contributed by atoms with E-state index in [1.54, 1.807) is 12.2 Å². The summed E-state index contributed by atoms with van der Waals surface area (Å²) in [5.74, 6) is -9.10. The number of urea groups is 1. The molecule has 18 heteroatoms. The fraction of sp³-hybridized carbons (Fsp3) is 0.450. The molecule has 1 aromatic carbocycles. The maximum Gasteiger partial charge on any atom is 0.547 e. The van der Waals surface area contributed by atoms with Crippen molar-refractivity contribution in [2.75, 3.05) is 19.6 Å². The highest BCUT2D eigenvalue weighted by Crippen LogP contribution is 2.32. The van der Waals surface area contributed by atoms with Gasteiger partial charge in [-0.3, -0.25) is 19.3 Å². The van der Waals surface area contributed by atoms with Gasteiger partial charge in [0.05, 0.1) is 5.94 Å². The lowest BCUT2D eigenvalue weighted by Gasteiger charge is -2.34. The lowest BCUT2D eigenvalue weighted by molar-refractivity contribution is -0.211. The number of aromatic carboxylic acids is 1. The van der Waals surface area contributed by atoms with Gasteiger partial charge in [0.1, 0.15) is 23.2 Å². The minimum Gasteiger partial charge on any atom is -0.534 e. The van der Waals surface area contributed by atoms with Gasteiger partial charge in [0, 0.05) is 19.6 Å². The highest BCUT2D eigenvalue weighted by atomic mass is 19.4. The summed E-state index contributed by atoms with van der Waals surface area (Å²) in [4.78, 5) is 62.2. The van der Waals surface area contributed by atoms with E-state index < -0.39 is 91.2 Å². The van der Waals surface area contributed by atoms with Gasteiger partial charge in [-0.25, -0.2) is 14.0 Å². The van der Waals surface area contributed by atoms with E-state index >= 15 is 0 Å². The molecule has 1 aromatic rings. The van der Waals surface area contributed by atoms with Gasteiger partial charge in [-0.2, -0.15) is 13.2 Å². The SMILES string of the molecule is CCN1CCN(C(=O)N[C@H](C(=O)NC2Cc3ccc(F)c(C(=O)O)c3OB2O)[C@H](O)C(F)(F)F)C(=O)C1=O. The number of carboxylic acids is 1. The number of nitrogens with one attached hydrogen (secondary N) is 2. The van der Waals surface area contributed by atoms with Gasteiger partial charge >= 0.3 is 37.1 Å². The molecule has 206 valence electrons. The largest absolute Gasteiger partial charge is 0.547 e. The number of rotatable bonds is 6. The monoisotopic (exact) mass is 548 g/mol. The summed E-state index contributed by atoms with van der Waals surface area (Å²) in [7, 11) is -2.06. The van der Waals surface area contributed by atoms with Crippen molar-refractivity contribution in [2.24, 2.45) is 0 Å². The molecule has 2 aliphatic heterocycles. The van der Waals surface area contributed by atoms with E-state index in [4.69, 9.17) is 4.65 Å². The van der Waals surface area contributed by atoms with Gasteiger partial charge < -0.3 is 35.4 Å². The number of carbonyl (C=O) groups excluding carboxylic acids is 4. The third-order valence-electron chi connectivity index (χ3n) is 5.90. The molecule has 1 unspecified atom stereocenters. The third kappa shape index (κ3) is 5.64. The Bertz CT molecular complexity index is 1170. The van der Waals surface area contributed by atoms with Crippen LogP contribution in [0.25, 0.3) is 0 Å². The Kier molecular flexibility index (Phi) is 8.16. The van der Waals surface area contributed by atoms with Crippen LogP contribution in [0.2, 0.25) is 0 Å². The van der Waals surface area contributed by atoms with Crippen LogP contribution in [0.15, 0.2) is 12.1 Å². The standard InChI is InChI=1S/C20H21BF4N4O9/c1-2-28-5-6-29(17(33)16(28)32)19(36)27-12(14(30)20(23,24)25)15(31)26-10-7-8-3-4-9(22)11(18(34)35)13(8)38-21(10)37/h3-4,10,12,14,30,37H,2,5-7H2,1H3,(H,26,31)(H,27,36)(H,34,35)/t10?,12-,14-/m0/s1. The zero-order valence-electron chi connectivity index (χ0n) is 19.5. The van der Waals surface area contributed by atoms with Crippen molar-refractivity contribution in [3.63, 3.8) is 0 Å². The number of hydrogen-bond donors (Lipinski definition) is 5. The van der Waals surface area contributed by atoms with Crippen LogP contribution in [0.5, 0.6) is 5.75 Å². The van der Waals surface area contributed by atoms with Crippen LogP contribution in [0.3, 0.4) is 0 Å². The number of likely N-dealkylation sites (N-methyl/N-ethyl adjacent to an activating group) is 1. The Morgan fingerprint density at radius 2 is 1.87 bits per heavy atom. The first-order chi connectivity index (χ1) is 17.7. The number of piperazine rings is 1. The number of aliphatic hydroxyl groups is 1. The fourth-order valence-electron chi connectivity index (χ4n) is 3.89. The van der Waals surface area contributed by atoms with Gasteiger partial charge in [0.15, 0.2) is 6.10 Å².